The van der Waals surface area contributed by atoms with Gasteiger partial charge in [-0.2, -0.15) is 0 Å². The van der Waals surface area contributed by atoms with Crippen LogP contribution in [0.25, 0.3) is 0 Å². The lowest BCUT2D eigenvalue weighted by Crippen LogP contribution is -2.50. The third kappa shape index (κ3) is 4.43. The van der Waals surface area contributed by atoms with Crippen molar-refractivity contribution < 1.29 is 19.2 Å². The maximum Gasteiger partial charge on any atom is 0.236 e. The minimum atomic E-state index is -0.349. The molecule has 2 bridgehead atoms. The molecule has 4 amide bonds. The van der Waals surface area contributed by atoms with Crippen LogP contribution in [0.15, 0.2) is 30.3 Å². The van der Waals surface area contributed by atoms with E-state index in [0.29, 0.717) is 37.8 Å². The molecule has 1 aliphatic heterocycles. The third-order valence-electron chi connectivity index (χ3n) is 5.60. The second-order valence-electron chi connectivity index (χ2n) is 7.58. The number of piperidine rings is 1. The van der Waals surface area contributed by atoms with Gasteiger partial charge in [0.05, 0.1) is 5.69 Å². The zero-order chi connectivity index (χ0) is 19.4. The summed E-state index contributed by atoms with van der Waals surface area (Å²) in [5.41, 5.74) is 0.637. The fraction of sp³-hybridized carbons (Fsp3) is 0.524. The first-order valence-electron chi connectivity index (χ1n) is 9.71. The van der Waals surface area contributed by atoms with Crippen molar-refractivity contribution in [3.05, 3.63) is 30.3 Å². The van der Waals surface area contributed by atoms with E-state index in [0.717, 1.165) is 12.8 Å². The second kappa shape index (κ2) is 8.46. The summed E-state index contributed by atoms with van der Waals surface area (Å²) in [4.78, 5) is 50.6. The van der Waals surface area contributed by atoms with E-state index in [1.807, 2.05) is 18.2 Å². The van der Waals surface area contributed by atoms with E-state index in [1.165, 1.54) is 11.8 Å². The Bertz CT molecular complexity index is 703. The van der Waals surface area contributed by atoms with Gasteiger partial charge in [0.1, 0.15) is 0 Å². The smallest absolute Gasteiger partial charge is 0.236 e. The van der Waals surface area contributed by atoms with Crippen molar-refractivity contribution in [1.29, 1.82) is 0 Å². The number of nitrogens with zero attached hydrogens (tertiary/aromatic N) is 1. The lowest BCUT2D eigenvalue weighted by Gasteiger charge is -2.36. The number of carbonyl (C=O) groups excluding carboxylic acids is 4. The summed E-state index contributed by atoms with van der Waals surface area (Å²) < 4.78 is 0. The van der Waals surface area contributed by atoms with Crippen LogP contribution in [0.5, 0.6) is 0 Å². The van der Waals surface area contributed by atoms with Crippen molar-refractivity contribution in [3.63, 3.8) is 0 Å². The Balaban J connectivity index is 1.75. The zero-order valence-corrected chi connectivity index (χ0v) is 15.6. The van der Waals surface area contributed by atoms with Crippen LogP contribution in [-0.4, -0.2) is 23.6 Å². The minimum absolute atomic E-state index is 0.132. The number of hydrogen-bond acceptors (Lipinski definition) is 4. The number of imide groups is 2. The summed E-state index contributed by atoms with van der Waals surface area (Å²) >= 11 is 0. The van der Waals surface area contributed by atoms with Crippen LogP contribution in [0.3, 0.4) is 0 Å². The summed E-state index contributed by atoms with van der Waals surface area (Å²) in [6.45, 7) is 1.33. The standard InChI is InChI=1S/C21H26N2O4/c1-14(24)22-19(25)15-7-5-9-16-13-17(10-6-8-15)21(27)23(20(16)26)18-11-3-2-4-12-18/h2-4,11-12,15-17H,5-10,13H2,1H3,(H,22,24,25). The van der Waals surface area contributed by atoms with E-state index < -0.39 is 0 Å². The SMILES string of the molecule is CC(=O)NC(=O)C1CCCC2CC(CCC1)C(=O)N(c1ccccc1)C2=O. The Morgan fingerprint density at radius 1 is 0.926 bits per heavy atom. The summed E-state index contributed by atoms with van der Waals surface area (Å²) in [7, 11) is 0. The lowest BCUT2D eigenvalue weighted by atomic mass is 9.79. The topological polar surface area (TPSA) is 83.6 Å². The normalized spacial score (nSPS) is 26.4. The molecule has 2 atom stereocenters. The number of benzene rings is 1. The number of para-hydroxylation sites is 1. The number of rotatable bonds is 2. The lowest BCUT2D eigenvalue weighted by molar-refractivity contribution is -0.136. The first-order valence-corrected chi connectivity index (χ1v) is 9.71. The van der Waals surface area contributed by atoms with Gasteiger partial charge in [0.15, 0.2) is 0 Å². The van der Waals surface area contributed by atoms with Gasteiger partial charge in [-0.05, 0) is 44.2 Å². The minimum Gasteiger partial charge on any atom is -0.296 e. The van der Waals surface area contributed by atoms with Crippen LogP contribution < -0.4 is 10.2 Å². The van der Waals surface area contributed by atoms with Crippen LogP contribution in [0.1, 0.15) is 51.9 Å². The van der Waals surface area contributed by atoms with Crippen LogP contribution in [0, 0.1) is 17.8 Å². The fourth-order valence-corrected chi connectivity index (χ4v) is 4.24. The quantitative estimate of drug-likeness (QED) is 0.812. The van der Waals surface area contributed by atoms with Gasteiger partial charge in [-0.25, -0.2) is 0 Å². The van der Waals surface area contributed by atoms with Crippen LogP contribution in [-0.2, 0) is 19.2 Å². The highest BCUT2D eigenvalue weighted by Crippen LogP contribution is 2.36. The molecule has 1 saturated heterocycles. The average Bonchev–Trinajstić information content (AvgIpc) is 2.64. The van der Waals surface area contributed by atoms with Gasteiger partial charge in [-0.15, -0.1) is 0 Å². The number of amides is 4. The Morgan fingerprint density at radius 2 is 1.48 bits per heavy atom. The predicted octanol–water partition coefficient (Wildman–Crippen LogP) is 2.82. The summed E-state index contributed by atoms with van der Waals surface area (Å²) in [5.74, 6) is -1.47. The van der Waals surface area contributed by atoms with E-state index in [1.54, 1.807) is 12.1 Å². The molecule has 0 radical (unpaired) electrons. The largest absolute Gasteiger partial charge is 0.296 e. The highest BCUT2D eigenvalue weighted by atomic mass is 16.2. The van der Waals surface area contributed by atoms with Crippen molar-refractivity contribution in [2.75, 3.05) is 4.90 Å². The predicted molar refractivity (Wildman–Crippen MR) is 101 cm³/mol. The summed E-state index contributed by atoms with van der Waals surface area (Å²) in [5, 5.41) is 2.37. The van der Waals surface area contributed by atoms with Gasteiger partial charge in [-0.1, -0.05) is 31.0 Å². The highest BCUT2D eigenvalue weighted by molar-refractivity contribution is 6.18. The van der Waals surface area contributed by atoms with Crippen molar-refractivity contribution in [2.45, 2.75) is 51.9 Å². The first kappa shape index (κ1) is 19.3. The molecule has 1 aromatic carbocycles. The van der Waals surface area contributed by atoms with E-state index in [4.69, 9.17) is 0 Å². The maximum absolute atomic E-state index is 13.0. The molecule has 1 saturated carbocycles. The zero-order valence-electron chi connectivity index (χ0n) is 15.6. The Hall–Kier alpha value is -2.50. The molecule has 1 aromatic rings. The Kier molecular flexibility index (Phi) is 6.04. The molecule has 0 aromatic heterocycles. The fourth-order valence-electron chi connectivity index (χ4n) is 4.24. The van der Waals surface area contributed by atoms with Gasteiger partial charge >= 0.3 is 0 Å². The van der Waals surface area contributed by atoms with Crippen LogP contribution in [0.2, 0.25) is 0 Å². The van der Waals surface area contributed by atoms with Gasteiger partial charge in [0.2, 0.25) is 23.6 Å². The molecule has 6 nitrogen and oxygen atoms in total. The molecular weight excluding hydrogens is 344 g/mol. The molecule has 27 heavy (non-hydrogen) atoms. The molecule has 144 valence electrons. The number of fused-ring (bicyclic) bond motifs is 2. The van der Waals surface area contributed by atoms with E-state index in [-0.39, 0.29) is 41.4 Å². The number of nitrogens with one attached hydrogen (secondary N) is 1. The molecule has 2 fully saturated rings. The number of hydrogen-bond donors (Lipinski definition) is 1. The molecule has 1 heterocycles. The first-order chi connectivity index (χ1) is 13.0. The van der Waals surface area contributed by atoms with Gasteiger partial charge < -0.3 is 0 Å². The molecule has 1 aliphatic carbocycles. The van der Waals surface area contributed by atoms with E-state index >= 15 is 0 Å². The number of anilines is 1. The van der Waals surface area contributed by atoms with Crippen molar-refractivity contribution in [1.82, 2.24) is 5.32 Å². The monoisotopic (exact) mass is 370 g/mol. The highest BCUT2D eigenvalue weighted by Gasteiger charge is 2.41. The molecule has 1 N–H and O–H groups in total. The molecule has 2 aliphatic rings. The Labute approximate surface area is 159 Å². The molecule has 0 spiro atoms. The van der Waals surface area contributed by atoms with Crippen LogP contribution in [0.4, 0.5) is 5.69 Å². The van der Waals surface area contributed by atoms with Gasteiger partial charge in [0, 0.05) is 24.7 Å². The molecule has 2 unspecified atom stereocenters. The van der Waals surface area contributed by atoms with Gasteiger partial charge in [0.25, 0.3) is 0 Å². The summed E-state index contributed by atoms with van der Waals surface area (Å²) in [6, 6.07) is 9.11. The van der Waals surface area contributed by atoms with Crippen LogP contribution >= 0.6 is 0 Å². The molecule has 3 rings (SSSR count). The third-order valence-corrected chi connectivity index (χ3v) is 5.60. The van der Waals surface area contributed by atoms with E-state index in [9.17, 15) is 19.2 Å². The van der Waals surface area contributed by atoms with Gasteiger partial charge in [-0.3, -0.25) is 29.4 Å². The van der Waals surface area contributed by atoms with Crippen molar-refractivity contribution >= 4 is 29.3 Å². The molecular formula is C21H26N2O4. The average molecular weight is 370 g/mol. The second-order valence-corrected chi connectivity index (χ2v) is 7.58. The van der Waals surface area contributed by atoms with Crippen molar-refractivity contribution in [2.24, 2.45) is 17.8 Å². The molecule has 6 heteroatoms. The number of carbonyl (C=O) groups is 4. The maximum atomic E-state index is 13.0. The summed E-state index contributed by atoms with van der Waals surface area (Å²) in [6.07, 6.45) is 4.71. The van der Waals surface area contributed by atoms with Crippen molar-refractivity contribution in [3.8, 4) is 0 Å². The van der Waals surface area contributed by atoms with E-state index in [2.05, 4.69) is 5.32 Å². The Morgan fingerprint density at radius 3 is 2.00 bits per heavy atom.